The second kappa shape index (κ2) is 7.45. The molecule has 2 N–H and O–H groups in total. The molecule has 3 aromatic rings. The third kappa shape index (κ3) is 3.94. The summed E-state index contributed by atoms with van der Waals surface area (Å²) < 4.78 is 13.4. The van der Waals surface area contributed by atoms with Crippen LogP contribution in [0.1, 0.15) is 11.4 Å². The normalized spacial score (nSPS) is 10.7. The number of nitrogens with one attached hydrogen (secondary N) is 2. The fourth-order valence-electron chi connectivity index (χ4n) is 2.40. The van der Waals surface area contributed by atoms with Gasteiger partial charge in [-0.25, -0.2) is 9.37 Å². The number of para-hydroxylation sites is 1. The average molecular weight is 374 g/mol. The number of carbonyl (C=O) groups is 2. The third-order valence-corrected chi connectivity index (χ3v) is 3.99. The first-order chi connectivity index (χ1) is 12.4. The number of Topliss-reactive ketones (excluding diaryl/α,β-unsaturated/α-hetero) is 1. The molecular formula is C18H13ClFN3O3. The van der Waals surface area contributed by atoms with Crippen molar-refractivity contribution in [2.24, 2.45) is 0 Å². The van der Waals surface area contributed by atoms with Crippen LogP contribution in [0.4, 0.5) is 4.39 Å². The van der Waals surface area contributed by atoms with Crippen LogP contribution in [-0.4, -0.2) is 21.7 Å². The maximum atomic E-state index is 13.4. The number of aromatic nitrogens is 2. The lowest BCUT2D eigenvalue weighted by atomic mass is 10.1. The SMILES string of the molecule is O=C(Cc1ccc(Cl)c(F)c1)C(=O)NCc1nc2ccccc2c(=O)[nH]1. The number of nitrogens with zero attached hydrogens (tertiary/aromatic N) is 1. The molecule has 0 aliphatic carbocycles. The minimum atomic E-state index is -0.851. The van der Waals surface area contributed by atoms with Crippen LogP contribution in [0.2, 0.25) is 5.02 Å². The summed E-state index contributed by atoms with van der Waals surface area (Å²) in [4.78, 5) is 42.6. The number of rotatable bonds is 5. The van der Waals surface area contributed by atoms with Crippen LogP contribution >= 0.6 is 11.6 Å². The first kappa shape index (κ1) is 17.8. The number of benzene rings is 2. The van der Waals surface area contributed by atoms with Crippen molar-refractivity contribution in [3.05, 3.63) is 75.0 Å². The second-order valence-electron chi connectivity index (χ2n) is 5.56. The molecule has 0 saturated carbocycles. The van der Waals surface area contributed by atoms with Gasteiger partial charge >= 0.3 is 0 Å². The molecule has 0 radical (unpaired) electrons. The van der Waals surface area contributed by atoms with Gasteiger partial charge in [-0.1, -0.05) is 29.8 Å². The lowest BCUT2D eigenvalue weighted by Gasteiger charge is -2.06. The highest BCUT2D eigenvalue weighted by atomic mass is 35.5. The lowest BCUT2D eigenvalue weighted by Crippen LogP contribution is -2.32. The Hall–Kier alpha value is -3.06. The highest BCUT2D eigenvalue weighted by Crippen LogP contribution is 2.16. The Morgan fingerprint density at radius 1 is 1.19 bits per heavy atom. The Kier molecular flexibility index (Phi) is 5.09. The molecule has 26 heavy (non-hydrogen) atoms. The van der Waals surface area contributed by atoms with Crippen molar-refractivity contribution in [3.8, 4) is 0 Å². The van der Waals surface area contributed by atoms with Gasteiger partial charge in [-0.2, -0.15) is 0 Å². The number of fused-ring (bicyclic) bond motifs is 1. The maximum absolute atomic E-state index is 13.4. The summed E-state index contributed by atoms with van der Waals surface area (Å²) in [6, 6.07) is 10.7. The molecule has 0 bridgehead atoms. The zero-order valence-corrected chi connectivity index (χ0v) is 14.1. The lowest BCUT2D eigenvalue weighted by molar-refractivity contribution is -0.137. The average Bonchev–Trinajstić information content (AvgIpc) is 2.63. The number of hydrogen-bond donors (Lipinski definition) is 2. The molecule has 0 atom stereocenters. The molecule has 0 saturated heterocycles. The van der Waals surface area contributed by atoms with E-state index >= 15 is 0 Å². The summed E-state index contributed by atoms with van der Waals surface area (Å²) in [5, 5.41) is 2.77. The van der Waals surface area contributed by atoms with E-state index in [1.54, 1.807) is 24.3 Å². The van der Waals surface area contributed by atoms with Crippen LogP contribution in [0.5, 0.6) is 0 Å². The van der Waals surface area contributed by atoms with E-state index in [0.29, 0.717) is 16.5 Å². The molecule has 6 nitrogen and oxygen atoms in total. The molecule has 0 unspecified atom stereocenters. The highest BCUT2D eigenvalue weighted by Gasteiger charge is 2.15. The van der Waals surface area contributed by atoms with Gasteiger partial charge in [0.05, 0.1) is 22.5 Å². The van der Waals surface area contributed by atoms with E-state index in [0.717, 1.165) is 6.07 Å². The van der Waals surface area contributed by atoms with Crippen LogP contribution in [0, 0.1) is 5.82 Å². The van der Waals surface area contributed by atoms with Crippen LogP contribution in [0.3, 0.4) is 0 Å². The van der Waals surface area contributed by atoms with Gasteiger partial charge in [0, 0.05) is 6.42 Å². The Morgan fingerprint density at radius 2 is 1.96 bits per heavy atom. The van der Waals surface area contributed by atoms with E-state index in [9.17, 15) is 18.8 Å². The zero-order chi connectivity index (χ0) is 18.7. The fraction of sp³-hybridized carbons (Fsp3) is 0.111. The largest absolute Gasteiger partial charge is 0.342 e. The van der Waals surface area contributed by atoms with E-state index in [1.165, 1.54) is 12.1 Å². The van der Waals surface area contributed by atoms with Gasteiger partial charge in [-0.3, -0.25) is 14.4 Å². The number of H-pyrrole nitrogens is 1. The predicted molar refractivity (Wildman–Crippen MR) is 94.3 cm³/mol. The van der Waals surface area contributed by atoms with Gasteiger partial charge in [0.2, 0.25) is 5.78 Å². The molecule has 1 heterocycles. The van der Waals surface area contributed by atoms with Crippen LogP contribution in [-0.2, 0) is 22.6 Å². The van der Waals surface area contributed by atoms with Crippen LogP contribution in [0.15, 0.2) is 47.3 Å². The minimum absolute atomic E-state index is 0.0583. The van der Waals surface area contributed by atoms with Gasteiger partial charge in [-0.05, 0) is 29.8 Å². The van der Waals surface area contributed by atoms with E-state index in [4.69, 9.17) is 11.6 Å². The van der Waals surface area contributed by atoms with Crippen LogP contribution in [0.25, 0.3) is 10.9 Å². The summed E-state index contributed by atoms with van der Waals surface area (Å²) in [5.41, 5.74) is 0.496. The van der Waals surface area contributed by atoms with Crippen molar-refractivity contribution in [2.45, 2.75) is 13.0 Å². The molecule has 2 aromatic carbocycles. The van der Waals surface area contributed by atoms with Crippen LogP contribution < -0.4 is 10.9 Å². The standard InChI is InChI=1S/C18H13ClFN3O3/c19-12-6-5-10(7-13(12)20)8-15(24)18(26)21-9-16-22-14-4-2-1-3-11(14)17(25)23-16/h1-7H,8-9H2,(H,21,26)(H,22,23,25). The predicted octanol–water partition coefficient (Wildman–Crippen LogP) is 2.14. The Morgan fingerprint density at radius 3 is 2.73 bits per heavy atom. The van der Waals surface area contributed by atoms with Gasteiger partial charge in [-0.15, -0.1) is 0 Å². The molecular weight excluding hydrogens is 361 g/mol. The monoisotopic (exact) mass is 373 g/mol. The molecule has 1 amide bonds. The van der Waals surface area contributed by atoms with Crippen molar-refractivity contribution >= 4 is 34.2 Å². The summed E-state index contributed by atoms with van der Waals surface area (Å²) in [6.45, 7) is -0.111. The number of ketones is 1. The number of carbonyl (C=O) groups excluding carboxylic acids is 2. The van der Waals surface area contributed by atoms with Crippen molar-refractivity contribution in [1.82, 2.24) is 15.3 Å². The van der Waals surface area contributed by atoms with Crippen molar-refractivity contribution in [2.75, 3.05) is 0 Å². The van der Waals surface area contributed by atoms with E-state index in [2.05, 4.69) is 15.3 Å². The maximum Gasteiger partial charge on any atom is 0.288 e. The summed E-state index contributed by atoms with van der Waals surface area (Å²) in [6.07, 6.45) is -0.262. The zero-order valence-electron chi connectivity index (χ0n) is 13.4. The van der Waals surface area contributed by atoms with Crippen molar-refractivity contribution in [1.29, 1.82) is 0 Å². The quantitative estimate of drug-likeness (QED) is 0.670. The van der Waals surface area contributed by atoms with Gasteiger partial charge in [0.1, 0.15) is 11.6 Å². The molecule has 0 spiro atoms. The van der Waals surface area contributed by atoms with Gasteiger partial charge in [0.15, 0.2) is 0 Å². The second-order valence-corrected chi connectivity index (χ2v) is 5.97. The molecule has 0 fully saturated rings. The summed E-state index contributed by atoms with van der Waals surface area (Å²) >= 11 is 5.58. The molecule has 0 aliphatic rings. The highest BCUT2D eigenvalue weighted by molar-refractivity contribution is 6.36. The number of aromatic amines is 1. The van der Waals surface area contributed by atoms with E-state index < -0.39 is 17.5 Å². The number of amides is 1. The van der Waals surface area contributed by atoms with Crippen molar-refractivity contribution < 1.29 is 14.0 Å². The minimum Gasteiger partial charge on any atom is -0.342 e. The van der Waals surface area contributed by atoms with Gasteiger partial charge in [0.25, 0.3) is 11.5 Å². The molecule has 132 valence electrons. The Labute approximate surface area is 152 Å². The number of hydrogen-bond acceptors (Lipinski definition) is 4. The summed E-state index contributed by atoms with van der Waals surface area (Å²) in [7, 11) is 0. The summed E-state index contributed by atoms with van der Waals surface area (Å²) in [5.74, 6) is -2.02. The van der Waals surface area contributed by atoms with Crippen molar-refractivity contribution in [3.63, 3.8) is 0 Å². The first-order valence-corrected chi connectivity index (χ1v) is 8.05. The van der Waals surface area contributed by atoms with E-state index in [1.807, 2.05) is 0 Å². The third-order valence-electron chi connectivity index (χ3n) is 3.68. The van der Waals surface area contributed by atoms with Gasteiger partial charge < -0.3 is 10.3 Å². The molecule has 8 heteroatoms. The Bertz CT molecular complexity index is 1060. The topological polar surface area (TPSA) is 91.9 Å². The smallest absolute Gasteiger partial charge is 0.288 e. The first-order valence-electron chi connectivity index (χ1n) is 7.67. The van der Waals surface area contributed by atoms with E-state index in [-0.39, 0.29) is 29.4 Å². The molecule has 3 rings (SSSR count). The number of halogens is 2. The fourth-order valence-corrected chi connectivity index (χ4v) is 2.51. The molecule has 1 aromatic heterocycles. The Balaban J connectivity index is 1.65. The molecule has 0 aliphatic heterocycles.